The van der Waals surface area contributed by atoms with Crippen LogP contribution in [0, 0.1) is 0 Å². The maximum absolute atomic E-state index is 4.62. The van der Waals surface area contributed by atoms with E-state index in [0.29, 0.717) is 0 Å². The summed E-state index contributed by atoms with van der Waals surface area (Å²) < 4.78 is 4.41. The number of aryl methyl sites for hydroxylation is 1. The van der Waals surface area contributed by atoms with Gasteiger partial charge in [-0.15, -0.1) is 0 Å². The molecule has 0 saturated heterocycles. The van der Waals surface area contributed by atoms with E-state index in [9.17, 15) is 0 Å². The van der Waals surface area contributed by atoms with Crippen molar-refractivity contribution in [1.29, 1.82) is 0 Å². The highest BCUT2D eigenvalue weighted by Crippen LogP contribution is 2.31. The number of pyridine rings is 1. The number of benzene rings is 4. The molecule has 3 nitrogen and oxygen atoms in total. The molecule has 0 saturated carbocycles. The third-order valence-electron chi connectivity index (χ3n) is 6.28. The molecular formula is C31H24N3+. The molecule has 0 aliphatic heterocycles. The molecule has 2 aromatic heterocycles. The largest absolute Gasteiger partial charge is 0.334 e. The highest BCUT2D eigenvalue weighted by molar-refractivity contribution is 5.78. The lowest BCUT2D eigenvalue weighted by atomic mass is 9.98. The fraction of sp³-hybridized carbons (Fsp3) is 0.0323. The minimum absolute atomic E-state index is 0.984. The Morgan fingerprint density at radius 1 is 0.559 bits per heavy atom. The molecule has 0 atom stereocenters. The third kappa shape index (κ3) is 3.57. The summed E-state index contributed by atoms with van der Waals surface area (Å²) in [7, 11) is 2.03. The predicted octanol–water partition coefficient (Wildman–Crippen LogP) is 6.85. The van der Waals surface area contributed by atoms with Crippen LogP contribution in [0.25, 0.3) is 50.4 Å². The Labute approximate surface area is 199 Å². The Hall–Kier alpha value is -4.50. The van der Waals surface area contributed by atoms with Gasteiger partial charge in [-0.2, -0.15) is 4.57 Å². The van der Waals surface area contributed by atoms with Crippen LogP contribution in [-0.2, 0) is 7.05 Å². The van der Waals surface area contributed by atoms with Gasteiger partial charge in [0.05, 0.1) is 17.4 Å². The second-order valence-electron chi connectivity index (χ2n) is 8.48. The van der Waals surface area contributed by atoms with Gasteiger partial charge in [0.25, 0.3) is 0 Å². The van der Waals surface area contributed by atoms with Crippen molar-refractivity contribution >= 4 is 11.0 Å². The van der Waals surface area contributed by atoms with Crippen LogP contribution < -0.4 is 4.57 Å². The van der Waals surface area contributed by atoms with Crippen LogP contribution in [0.3, 0.4) is 0 Å². The Morgan fingerprint density at radius 2 is 1.09 bits per heavy atom. The van der Waals surface area contributed by atoms with Gasteiger partial charge >= 0.3 is 0 Å². The van der Waals surface area contributed by atoms with Crippen molar-refractivity contribution in [3.63, 3.8) is 0 Å². The summed E-state index contributed by atoms with van der Waals surface area (Å²) in [4.78, 5) is 4.62. The smallest absolute Gasteiger partial charge is 0.219 e. The number of aromatic nitrogens is 3. The molecule has 0 fully saturated rings. The minimum Gasteiger partial charge on any atom is -0.334 e. The Bertz CT molecular complexity index is 1520. The number of nitrogens with zero attached hydrogens (tertiary/aromatic N) is 3. The van der Waals surface area contributed by atoms with E-state index in [-0.39, 0.29) is 0 Å². The molecule has 6 aromatic rings. The third-order valence-corrected chi connectivity index (χ3v) is 6.28. The Balaban J connectivity index is 1.71. The monoisotopic (exact) mass is 438 g/mol. The van der Waals surface area contributed by atoms with E-state index in [4.69, 9.17) is 0 Å². The van der Waals surface area contributed by atoms with E-state index < -0.39 is 0 Å². The molecule has 2 heterocycles. The van der Waals surface area contributed by atoms with Gasteiger partial charge < -0.3 is 4.57 Å². The van der Waals surface area contributed by atoms with E-state index in [1.807, 2.05) is 13.4 Å². The molecule has 0 aliphatic rings. The van der Waals surface area contributed by atoms with Crippen LogP contribution in [0.1, 0.15) is 0 Å². The second kappa shape index (κ2) is 8.45. The van der Waals surface area contributed by atoms with Gasteiger partial charge in [0.2, 0.25) is 17.1 Å². The van der Waals surface area contributed by atoms with E-state index in [1.165, 1.54) is 22.3 Å². The average Bonchev–Trinajstić information content (AvgIpc) is 3.29. The van der Waals surface area contributed by atoms with Gasteiger partial charge in [0, 0.05) is 42.4 Å². The molecule has 0 aliphatic carbocycles. The molecule has 34 heavy (non-hydrogen) atoms. The summed E-state index contributed by atoms with van der Waals surface area (Å²) in [5.74, 6) is 0. The highest BCUT2D eigenvalue weighted by Gasteiger charge is 2.25. The van der Waals surface area contributed by atoms with Gasteiger partial charge in [-0.3, -0.25) is 0 Å². The molecule has 6 rings (SSSR count). The van der Waals surface area contributed by atoms with Crippen LogP contribution in [0.2, 0.25) is 0 Å². The van der Waals surface area contributed by atoms with Crippen LogP contribution in [0.4, 0.5) is 0 Å². The van der Waals surface area contributed by atoms with Crippen molar-refractivity contribution in [3.8, 4) is 39.3 Å². The van der Waals surface area contributed by atoms with E-state index >= 15 is 0 Å². The van der Waals surface area contributed by atoms with Crippen LogP contribution >= 0.6 is 0 Å². The Morgan fingerprint density at radius 3 is 1.65 bits per heavy atom. The summed E-state index contributed by atoms with van der Waals surface area (Å²) >= 11 is 0. The predicted molar refractivity (Wildman–Crippen MR) is 139 cm³/mol. The zero-order valence-electron chi connectivity index (χ0n) is 19.0. The van der Waals surface area contributed by atoms with E-state index in [0.717, 1.165) is 28.1 Å². The van der Waals surface area contributed by atoms with Gasteiger partial charge in [-0.25, -0.2) is 4.98 Å². The number of rotatable bonds is 4. The van der Waals surface area contributed by atoms with Crippen molar-refractivity contribution < 1.29 is 4.57 Å². The van der Waals surface area contributed by atoms with Crippen molar-refractivity contribution in [1.82, 2.24) is 9.55 Å². The van der Waals surface area contributed by atoms with Gasteiger partial charge in [-0.1, -0.05) is 66.7 Å². The maximum Gasteiger partial charge on any atom is 0.219 e. The molecule has 162 valence electrons. The fourth-order valence-corrected chi connectivity index (χ4v) is 4.58. The van der Waals surface area contributed by atoms with Gasteiger partial charge in [0.15, 0.2) is 0 Å². The summed E-state index contributed by atoms with van der Waals surface area (Å²) in [6.07, 6.45) is 1.87. The zero-order chi connectivity index (χ0) is 22.9. The number of imidazole rings is 1. The summed E-state index contributed by atoms with van der Waals surface area (Å²) in [6, 6.07) is 42.9. The molecule has 3 heteroatoms. The molecule has 4 aromatic carbocycles. The standard InChI is InChI=1S/C31H24N3/c1-33-22-32-28-21-27(17-18-29(28)33)34-30(24-13-7-3-8-14-24)19-26(23-11-5-2-6-12-23)20-31(34)25-15-9-4-10-16-25/h2-22H,1H3/q+1. The topological polar surface area (TPSA) is 21.7 Å². The quantitative estimate of drug-likeness (QED) is 0.276. The zero-order valence-corrected chi connectivity index (χ0v) is 19.0. The molecular weight excluding hydrogens is 414 g/mol. The summed E-state index contributed by atoms with van der Waals surface area (Å²) in [5.41, 5.74) is 10.2. The van der Waals surface area contributed by atoms with Gasteiger partial charge in [-0.05, 0) is 41.5 Å². The normalized spacial score (nSPS) is 11.1. The summed E-state index contributed by atoms with van der Waals surface area (Å²) in [5, 5.41) is 0. The first-order valence-electron chi connectivity index (χ1n) is 11.5. The summed E-state index contributed by atoms with van der Waals surface area (Å²) in [6.45, 7) is 0. The van der Waals surface area contributed by atoms with Crippen LogP contribution in [-0.4, -0.2) is 9.55 Å². The van der Waals surface area contributed by atoms with Crippen LogP contribution in [0.5, 0.6) is 0 Å². The molecule has 0 bridgehead atoms. The average molecular weight is 439 g/mol. The highest BCUT2D eigenvalue weighted by atomic mass is 15.0. The second-order valence-corrected chi connectivity index (χ2v) is 8.48. The Kier molecular flexibility index (Phi) is 5.00. The van der Waals surface area contributed by atoms with Gasteiger partial charge in [0.1, 0.15) is 0 Å². The van der Waals surface area contributed by atoms with Crippen molar-refractivity contribution in [3.05, 3.63) is 128 Å². The first kappa shape index (κ1) is 20.1. The first-order chi connectivity index (χ1) is 16.8. The molecule has 0 N–H and O–H groups in total. The maximum atomic E-state index is 4.62. The van der Waals surface area contributed by atoms with E-state index in [2.05, 4.69) is 135 Å². The number of hydrogen-bond donors (Lipinski definition) is 0. The molecule has 0 radical (unpaired) electrons. The first-order valence-corrected chi connectivity index (χ1v) is 11.5. The van der Waals surface area contributed by atoms with E-state index in [1.54, 1.807) is 0 Å². The molecule has 0 spiro atoms. The van der Waals surface area contributed by atoms with Crippen molar-refractivity contribution in [2.24, 2.45) is 7.05 Å². The lowest BCUT2D eigenvalue weighted by Crippen LogP contribution is -2.36. The SMILES string of the molecule is Cn1cnc2cc(-[n+]3c(-c4ccccc4)cc(-c4ccccc4)cc3-c3ccccc3)ccc21. The van der Waals surface area contributed by atoms with Crippen LogP contribution in [0.15, 0.2) is 128 Å². The van der Waals surface area contributed by atoms with Crippen molar-refractivity contribution in [2.45, 2.75) is 0 Å². The van der Waals surface area contributed by atoms with Crippen molar-refractivity contribution in [2.75, 3.05) is 0 Å². The molecule has 0 amide bonds. The number of hydrogen-bond acceptors (Lipinski definition) is 1. The molecule has 0 unspecified atom stereocenters. The number of fused-ring (bicyclic) bond motifs is 1. The minimum atomic E-state index is 0.984. The lowest BCUT2D eigenvalue weighted by Gasteiger charge is -2.12. The lowest BCUT2D eigenvalue weighted by molar-refractivity contribution is -0.571. The fourth-order valence-electron chi connectivity index (χ4n) is 4.58.